The highest BCUT2D eigenvalue weighted by atomic mass is 32.2. The lowest BCUT2D eigenvalue weighted by atomic mass is 9.79. The first kappa shape index (κ1) is 128. The Hall–Kier alpha value is -2.52. The summed E-state index contributed by atoms with van der Waals surface area (Å²) < 4.78 is 30.7. The van der Waals surface area contributed by atoms with Gasteiger partial charge in [0.2, 0.25) is 0 Å². The maximum atomic E-state index is 7.67. The van der Waals surface area contributed by atoms with Crippen LogP contribution in [0.5, 0.6) is 23.0 Å². The monoisotopic (exact) mass is 2010 g/mol. The number of hydrogen-bond donors (Lipinski definition) is 0. The van der Waals surface area contributed by atoms with Crippen LogP contribution >= 0.6 is 47.0 Å². The van der Waals surface area contributed by atoms with Gasteiger partial charge in [0, 0.05) is 25.7 Å². The van der Waals surface area contributed by atoms with E-state index in [1.807, 2.05) is 0 Å². The molecule has 0 radical (unpaired) electrons. The lowest BCUT2D eigenvalue weighted by molar-refractivity contribution is 0.292. The van der Waals surface area contributed by atoms with E-state index in [1.54, 1.807) is 0 Å². The summed E-state index contributed by atoms with van der Waals surface area (Å²) in [6, 6.07) is 20.6. The van der Waals surface area contributed by atoms with Crippen LogP contribution in [0.4, 0.5) is 0 Å². The molecule has 140 heavy (non-hydrogen) atoms. The lowest BCUT2D eigenvalue weighted by Crippen LogP contribution is -2.18. The van der Waals surface area contributed by atoms with Crippen molar-refractivity contribution in [1.82, 2.24) is 0 Å². The molecule has 0 aliphatic heterocycles. The van der Waals surface area contributed by atoms with E-state index in [-0.39, 0.29) is 21.7 Å². The summed E-state index contributed by atoms with van der Waals surface area (Å²) in [6.45, 7) is 41.3. The van der Waals surface area contributed by atoms with Crippen molar-refractivity contribution in [2.45, 2.75) is 620 Å². The Morgan fingerprint density at radius 1 is 0.157 bits per heavy atom. The predicted molar refractivity (Wildman–Crippen MR) is 638 cm³/mol. The van der Waals surface area contributed by atoms with Crippen molar-refractivity contribution in [3.8, 4) is 23.0 Å². The molecule has 0 unspecified atom stereocenters. The summed E-state index contributed by atoms with van der Waals surface area (Å²) in [4.78, 5) is 0. The zero-order valence-electron chi connectivity index (χ0n) is 96.1. The van der Waals surface area contributed by atoms with Gasteiger partial charge in [-0.1, -0.05) is 545 Å². The molecule has 1 aliphatic carbocycles. The third-order valence-electron chi connectivity index (χ3n) is 30.2. The number of hydrogen-bond acceptors (Lipinski definition) is 8. The molecule has 0 saturated carbocycles. The van der Waals surface area contributed by atoms with Crippen LogP contribution in [0.15, 0.2) is 48.5 Å². The molecule has 0 heterocycles. The summed E-state index contributed by atoms with van der Waals surface area (Å²) in [5.74, 6) is 15.2. The number of thioether (sulfide) groups is 4. The van der Waals surface area contributed by atoms with Gasteiger partial charge in [-0.2, -0.15) is 47.0 Å². The van der Waals surface area contributed by atoms with Crippen LogP contribution in [0.25, 0.3) is 0 Å². The predicted octanol–water partition coefficient (Wildman–Crippen LogP) is 44.2. The largest absolute Gasteiger partial charge is 0.493 e. The Bertz CT molecular complexity index is 3010. The average Bonchev–Trinajstić information content (AvgIpc) is 0.758. The van der Waals surface area contributed by atoms with E-state index in [2.05, 4.69) is 206 Å². The molecule has 4 aromatic rings. The van der Waals surface area contributed by atoms with E-state index in [0.717, 1.165) is 74.4 Å². The smallest absolute Gasteiger partial charge is 0.126 e. The third-order valence-corrected chi connectivity index (χ3v) is 34.9. The minimum Gasteiger partial charge on any atom is -0.493 e. The van der Waals surface area contributed by atoms with Gasteiger partial charge in [0.05, 0.1) is 26.4 Å². The van der Waals surface area contributed by atoms with Gasteiger partial charge in [-0.25, -0.2) is 0 Å². The molecule has 0 saturated heterocycles. The first-order chi connectivity index (χ1) is 68.1. The SMILES string of the molecule is CCCCCCCCCCCSCCCCCCCCCCCOc1c2cc(C(C)(C)C)cc1Cc1cc(C(C)(C)C)cc(c1OCCCCCCCCCCCSCCCCCCCCCCC)Cc1cc(C(C)(C)C)cc(c1OCCCCCCCCCCCSCCCCCCCCCCC)Cc1cc(C(C)(C)C)cc(c1OCCCCCCCCCCCSCCCCCCCCCCC)C2. The molecule has 5 rings (SSSR count). The summed E-state index contributed by atoms with van der Waals surface area (Å²) >= 11 is 8.87. The van der Waals surface area contributed by atoms with Gasteiger partial charge in [-0.15, -0.1) is 0 Å². The molecule has 808 valence electrons. The second-order valence-corrected chi connectivity index (χ2v) is 53.0. The topological polar surface area (TPSA) is 36.9 Å². The second-order valence-electron chi connectivity index (χ2n) is 48.1. The van der Waals surface area contributed by atoms with Crippen LogP contribution in [-0.4, -0.2) is 72.5 Å². The third kappa shape index (κ3) is 62.8. The highest BCUT2D eigenvalue weighted by Crippen LogP contribution is 2.46. The molecule has 0 amide bonds. The van der Waals surface area contributed by atoms with Gasteiger partial charge in [0.1, 0.15) is 23.0 Å². The fourth-order valence-corrected chi connectivity index (χ4v) is 24.8. The summed E-state index contributed by atoms with van der Waals surface area (Å²) in [7, 11) is 0. The van der Waals surface area contributed by atoms with Gasteiger partial charge >= 0.3 is 0 Å². The van der Waals surface area contributed by atoms with E-state index < -0.39 is 0 Å². The van der Waals surface area contributed by atoms with Crippen LogP contribution in [0.2, 0.25) is 0 Å². The maximum Gasteiger partial charge on any atom is 0.126 e. The highest BCUT2D eigenvalue weighted by Gasteiger charge is 2.31. The Kier molecular flexibility index (Phi) is 76.1. The van der Waals surface area contributed by atoms with Gasteiger partial charge in [0.25, 0.3) is 0 Å². The van der Waals surface area contributed by atoms with Crippen molar-refractivity contribution in [2.24, 2.45) is 0 Å². The lowest BCUT2D eigenvalue weighted by Gasteiger charge is -2.29. The second kappa shape index (κ2) is 83.2. The van der Waals surface area contributed by atoms with E-state index in [9.17, 15) is 0 Å². The van der Waals surface area contributed by atoms with Crippen LogP contribution in [0.1, 0.15) is 640 Å². The fraction of sp³-hybridized carbons (Fsp3) is 0.818. The molecule has 0 spiro atoms. The summed E-state index contributed by atoms with van der Waals surface area (Å²) in [6.07, 6.45) is 101. The Balaban J connectivity index is 1.46. The minimum absolute atomic E-state index is 0.117. The molecular formula is C132H232O4S4. The molecule has 4 nitrogen and oxygen atoms in total. The van der Waals surface area contributed by atoms with E-state index in [0.29, 0.717) is 26.4 Å². The van der Waals surface area contributed by atoms with Gasteiger partial charge in [-0.3, -0.25) is 0 Å². The highest BCUT2D eigenvalue weighted by molar-refractivity contribution is 7.99. The Morgan fingerprint density at radius 3 is 0.379 bits per heavy atom. The molecule has 0 N–H and O–H groups in total. The molecule has 1 aliphatic rings. The maximum absolute atomic E-state index is 7.67. The van der Waals surface area contributed by atoms with Crippen molar-refractivity contribution in [2.75, 3.05) is 72.5 Å². The fourth-order valence-electron chi connectivity index (χ4n) is 20.7. The molecular weight excluding hydrogens is 1780 g/mol. The molecule has 0 fully saturated rings. The molecule has 0 aromatic heterocycles. The van der Waals surface area contributed by atoms with Gasteiger partial charge in [-0.05, 0) is 211 Å². The number of benzene rings is 4. The zero-order chi connectivity index (χ0) is 101. The van der Waals surface area contributed by atoms with Crippen molar-refractivity contribution < 1.29 is 18.9 Å². The normalized spacial score (nSPS) is 12.7. The van der Waals surface area contributed by atoms with E-state index in [1.165, 1.54) is 549 Å². The standard InChI is InChI=1S/C132H232O4S4/c1-17-21-25-29-33-45-57-69-81-93-137-97-85-73-61-49-37-41-53-65-77-89-133-125-113-101-115-107-122(130(8,9)10)109-117(126(115)134-90-78-66-54-42-38-50-62-74-86-98-138-94-82-70-58-46-34-30-26-22-18-2)103-119-111-124(132(14,15)16)112-120(128(119)136-92-80-68-56-44-40-52-64-76-88-100-140-96-84-72-60-48-36-32-28-24-20-4)104-118-110-123(131(11,12)13)108-116(102-114(125)106-121(105-113)129(5,6)7)127(118)135-91-79-67-55-43-39-51-63-75-87-99-139-95-83-71-59-47-35-31-27-23-19-3/h105-112H,17-104H2,1-16H3. The minimum atomic E-state index is -0.117. The van der Waals surface area contributed by atoms with Gasteiger partial charge in [0.15, 0.2) is 0 Å². The summed E-state index contributed by atoms with van der Waals surface area (Å²) in [5.41, 5.74) is 15.3. The van der Waals surface area contributed by atoms with Crippen LogP contribution in [0.3, 0.4) is 0 Å². The van der Waals surface area contributed by atoms with E-state index >= 15 is 0 Å². The van der Waals surface area contributed by atoms with E-state index in [4.69, 9.17) is 18.9 Å². The number of rotatable bonds is 92. The quantitative estimate of drug-likeness (QED) is 0.0357. The Labute approximate surface area is 890 Å². The first-order valence-electron chi connectivity index (χ1n) is 61.6. The van der Waals surface area contributed by atoms with Crippen molar-refractivity contribution in [3.05, 3.63) is 115 Å². The summed E-state index contributed by atoms with van der Waals surface area (Å²) in [5, 5.41) is 0. The average molecular weight is 2010 g/mol. The number of unbranched alkanes of at least 4 members (excludes halogenated alkanes) is 64. The zero-order valence-corrected chi connectivity index (χ0v) is 99.4. The van der Waals surface area contributed by atoms with Crippen LogP contribution in [0, 0.1) is 0 Å². The molecule has 4 aromatic carbocycles. The van der Waals surface area contributed by atoms with Crippen molar-refractivity contribution in [3.63, 3.8) is 0 Å². The van der Waals surface area contributed by atoms with Crippen molar-refractivity contribution >= 4 is 47.0 Å². The molecule has 8 heteroatoms. The Morgan fingerprint density at radius 2 is 0.264 bits per heavy atom. The van der Waals surface area contributed by atoms with Gasteiger partial charge < -0.3 is 18.9 Å². The van der Waals surface area contributed by atoms with Crippen LogP contribution < -0.4 is 18.9 Å². The van der Waals surface area contributed by atoms with Crippen LogP contribution in [-0.2, 0) is 47.3 Å². The molecule has 0 atom stereocenters. The molecule has 8 bridgehead atoms. The van der Waals surface area contributed by atoms with Crippen molar-refractivity contribution in [1.29, 1.82) is 0 Å². The number of fused-ring (bicyclic) bond motifs is 8. The first-order valence-corrected chi connectivity index (χ1v) is 66.2. The number of ether oxygens (including phenoxy) is 4.